The van der Waals surface area contributed by atoms with Gasteiger partial charge < -0.3 is 20.5 Å². The summed E-state index contributed by atoms with van der Waals surface area (Å²) in [5, 5.41) is 15.5. The Bertz CT molecular complexity index is 936. The van der Waals surface area contributed by atoms with Crippen LogP contribution in [0.25, 0.3) is 0 Å². The molecule has 3 N–H and O–H groups in total. The number of ether oxygens (including phenoxy) is 2. The quantitative estimate of drug-likeness (QED) is 0.661. The first-order valence-corrected chi connectivity index (χ1v) is 9.17. The minimum Gasteiger partial charge on any atom is -0.488 e. The molecule has 2 rings (SSSR count). The Labute approximate surface area is 170 Å². The van der Waals surface area contributed by atoms with E-state index in [1.807, 2.05) is 13.0 Å². The highest BCUT2D eigenvalue weighted by Gasteiger charge is 2.12. The number of nitrogens with zero attached hydrogens (tertiary/aromatic N) is 3. The molecule has 0 aliphatic rings. The Balaban J connectivity index is 2.27. The minimum atomic E-state index is -0.419. The lowest BCUT2D eigenvalue weighted by Crippen LogP contribution is -2.19. The van der Waals surface area contributed by atoms with Crippen molar-refractivity contribution in [3.63, 3.8) is 0 Å². The van der Waals surface area contributed by atoms with Gasteiger partial charge in [-0.15, -0.1) is 0 Å². The summed E-state index contributed by atoms with van der Waals surface area (Å²) in [7, 11) is 3.36. The van der Waals surface area contributed by atoms with Gasteiger partial charge in [-0.3, -0.25) is 9.48 Å². The first-order chi connectivity index (χ1) is 13.9. The second-order valence-corrected chi connectivity index (χ2v) is 6.53. The van der Waals surface area contributed by atoms with E-state index in [9.17, 15) is 4.79 Å². The van der Waals surface area contributed by atoms with Gasteiger partial charge in [0, 0.05) is 44.0 Å². The van der Waals surface area contributed by atoms with Crippen LogP contribution in [-0.4, -0.2) is 41.6 Å². The van der Waals surface area contributed by atoms with Gasteiger partial charge in [0.25, 0.3) is 5.91 Å². The van der Waals surface area contributed by atoms with Gasteiger partial charge in [0.1, 0.15) is 11.9 Å². The summed E-state index contributed by atoms with van der Waals surface area (Å²) < 4.78 is 12.5. The molecular weight excluding hydrogens is 370 g/mol. The van der Waals surface area contributed by atoms with Crippen molar-refractivity contribution in [1.29, 1.82) is 5.26 Å². The molecule has 29 heavy (non-hydrogen) atoms. The van der Waals surface area contributed by atoms with Crippen LogP contribution in [-0.2, 0) is 11.8 Å². The van der Waals surface area contributed by atoms with Crippen LogP contribution in [0, 0.1) is 23.2 Å². The number of hydrogen-bond acceptors (Lipinski definition) is 6. The van der Waals surface area contributed by atoms with Gasteiger partial charge >= 0.3 is 0 Å². The molecule has 0 saturated carbocycles. The zero-order chi connectivity index (χ0) is 21.2. The van der Waals surface area contributed by atoms with E-state index >= 15 is 0 Å². The molecule has 0 radical (unpaired) electrons. The lowest BCUT2D eigenvalue weighted by atomic mass is 10.1. The Morgan fingerprint density at radius 2 is 2.21 bits per heavy atom. The number of aromatic nitrogens is 2. The standard InChI is InChI=1S/C21H25N5O3/c1-15(14-28-3)29-19-12-16(6-7-18(23)5-4-9-22)11-17(13-19)21(27)24-20-8-10-26(2)25-20/h8,10-13,15,18H,4-5,14,23H2,1-3H3,(H,24,25,27)/t15-,18?/m0/s1. The maximum atomic E-state index is 12.7. The highest BCUT2D eigenvalue weighted by Crippen LogP contribution is 2.20. The van der Waals surface area contributed by atoms with E-state index in [0.717, 1.165) is 0 Å². The molecule has 1 aromatic heterocycles. The van der Waals surface area contributed by atoms with E-state index in [2.05, 4.69) is 22.3 Å². The van der Waals surface area contributed by atoms with Crippen LogP contribution in [0.3, 0.4) is 0 Å². The topological polar surface area (TPSA) is 115 Å². The van der Waals surface area contributed by atoms with E-state index in [-0.39, 0.29) is 12.0 Å². The summed E-state index contributed by atoms with van der Waals surface area (Å²) >= 11 is 0. The summed E-state index contributed by atoms with van der Waals surface area (Å²) in [6.45, 7) is 2.28. The van der Waals surface area contributed by atoms with Gasteiger partial charge in [0.15, 0.2) is 5.82 Å². The third-order valence-electron chi connectivity index (χ3n) is 3.83. The lowest BCUT2D eigenvalue weighted by Gasteiger charge is -2.15. The van der Waals surface area contributed by atoms with Crippen LogP contribution in [0.1, 0.15) is 35.7 Å². The van der Waals surface area contributed by atoms with Gasteiger partial charge in [0.2, 0.25) is 0 Å². The largest absolute Gasteiger partial charge is 0.488 e. The molecule has 2 atom stereocenters. The van der Waals surface area contributed by atoms with E-state index in [1.54, 1.807) is 49.3 Å². The molecule has 1 heterocycles. The number of nitrogens with two attached hydrogens (primary N) is 1. The van der Waals surface area contributed by atoms with Gasteiger partial charge in [-0.2, -0.15) is 10.4 Å². The number of nitriles is 1. The van der Waals surface area contributed by atoms with Crippen molar-refractivity contribution < 1.29 is 14.3 Å². The minimum absolute atomic E-state index is 0.201. The van der Waals surface area contributed by atoms with Crippen LogP contribution in [0.4, 0.5) is 5.82 Å². The molecule has 8 nitrogen and oxygen atoms in total. The molecule has 2 aromatic rings. The number of amides is 1. The highest BCUT2D eigenvalue weighted by atomic mass is 16.5. The third kappa shape index (κ3) is 7.30. The average Bonchev–Trinajstić information content (AvgIpc) is 3.09. The molecule has 8 heteroatoms. The average molecular weight is 395 g/mol. The van der Waals surface area contributed by atoms with Crippen LogP contribution < -0.4 is 15.8 Å². The van der Waals surface area contributed by atoms with Crippen LogP contribution in [0.15, 0.2) is 30.5 Å². The van der Waals surface area contributed by atoms with E-state index < -0.39 is 6.04 Å². The summed E-state index contributed by atoms with van der Waals surface area (Å²) in [4.78, 5) is 12.7. The molecule has 0 aliphatic heterocycles. The zero-order valence-electron chi connectivity index (χ0n) is 16.8. The predicted octanol–water partition coefficient (Wildman–Crippen LogP) is 2.07. The van der Waals surface area contributed by atoms with E-state index in [1.165, 1.54) is 0 Å². The Kier molecular flexibility index (Phi) is 8.23. The molecular formula is C21H25N5O3. The maximum Gasteiger partial charge on any atom is 0.257 e. The fourth-order valence-corrected chi connectivity index (χ4v) is 2.51. The summed E-state index contributed by atoms with van der Waals surface area (Å²) in [5.41, 5.74) is 6.88. The number of rotatable bonds is 8. The highest BCUT2D eigenvalue weighted by molar-refractivity contribution is 6.04. The maximum absolute atomic E-state index is 12.7. The van der Waals surface area contributed by atoms with E-state index in [4.69, 9.17) is 20.5 Å². The van der Waals surface area contributed by atoms with Crippen molar-refractivity contribution >= 4 is 11.7 Å². The summed E-state index contributed by atoms with van der Waals surface area (Å²) in [5.74, 6) is 6.49. The van der Waals surface area contributed by atoms with Gasteiger partial charge in [-0.25, -0.2) is 0 Å². The van der Waals surface area contributed by atoms with Crippen molar-refractivity contribution in [2.45, 2.75) is 31.9 Å². The molecule has 0 fully saturated rings. The van der Waals surface area contributed by atoms with Gasteiger partial charge in [0.05, 0.1) is 18.7 Å². The monoisotopic (exact) mass is 395 g/mol. The molecule has 0 saturated heterocycles. The first kappa shape index (κ1) is 22.0. The summed E-state index contributed by atoms with van der Waals surface area (Å²) in [6.07, 6.45) is 2.36. The SMILES string of the molecule is COC[C@H](C)Oc1cc(C#CC(N)CCC#N)cc(C(=O)Nc2ccn(C)n2)c1. The van der Waals surface area contributed by atoms with E-state index in [0.29, 0.717) is 42.1 Å². The Morgan fingerprint density at radius 1 is 1.41 bits per heavy atom. The number of carbonyl (C=O) groups is 1. The fourth-order valence-electron chi connectivity index (χ4n) is 2.51. The van der Waals surface area contributed by atoms with Crippen molar-refractivity contribution in [1.82, 2.24) is 9.78 Å². The third-order valence-corrected chi connectivity index (χ3v) is 3.83. The Hall–Kier alpha value is -3.33. The van der Waals surface area contributed by atoms with Crippen LogP contribution in [0.5, 0.6) is 5.75 Å². The molecule has 1 amide bonds. The fraction of sp³-hybridized carbons (Fsp3) is 0.381. The Morgan fingerprint density at radius 3 is 2.86 bits per heavy atom. The zero-order valence-corrected chi connectivity index (χ0v) is 16.8. The smallest absolute Gasteiger partial charge is 0.257 e. The predicted molar refractivity (Wildman–Crippen MR) is 109 cm³/mol. The normalized spacial score (nSPS) is 12.2. The number of carbonyl (C=O) groups excluding carboxylic acids is 1. The number of methoxy groups -OCH3 is 1. The van der Waals surface area contributed by atoms with Crippen LogP contribution >= 0.6 is 0 Å². The number of aryl methyl sites for hydroxylation is 1. The van der Waals surface area contributed by atoms with Crippen molar-refractivity contribution in [3.05, 3.63) is 41.6 Å². The molecule has 1 unspecified atom stereocenters. The molecule has 152 valence electrons. The van der Waals surface area contributed by atoms with Crippen molar-refractivity contribution in [2.75, 3.05) is 19.0 Å². The number of nitrogens with one attached hydrogen (secondary N) is 1. The number of hydrogen-bond donors (Lipinski definition) is 2. The van der Waals surface area contributed by atoms with Crippen LogP contribution in [0.2, 0.25) is 0 Å². The van der Waals surface area contributed by atoms with Gasteiger partial charge in [-0.1, -0.05) is 11.8 Å². The molecule has 0 spiro atoms. The molecule has 0 aliphatic carbocycles. The number of benzene rings is 1. The summed E-state index contributed by atoms with van der Waals surface area (Å²) in [6, 6.07) is 8.38. The number of anilines is 1. The second-order valence-electron chi connectivity index (χ2n) is 6.53. The first-order valence-electron chi connectivity index (χ1n) is 9.17. The molecule has 1 aromatic carbocycles. The second kappa shape index (κ2) is 10.9. The van der Waals surface area contributed by atoms with Crippen molar-refractivity contribution in [2.24, 2.45) is 12.8 Å². The molecule has 0 bridgehead atoms. The van der Waals surface area contributed by atoms with Gasteiger partial charge in [-0.05, 0) is 31.5 Å². The lowest BCUT2D eigenvalue weighted by molar-refractivity contribution is 0.0917. The van der Waals surface area contributed by atoms with Crippen molar-refractivity contribution in [3.8, 4) is 23.7 Å².